The molecule has 0 saturated heterocycles. The summed E-state index contributed by atoms with van der Waals surface area (Å²) >= 11 is 0. The number of carbonyl (C=O) groups excluding carboxylic acids is 2. The second-order valence-electron chi connectivity index (χ2n) is 16.4. The van der Waals surface area contributed by atoms with Crippen molar-refractivity contribution in [3.05, 3.63) is 106 Å². The molecule has 1 unspecified atom stereocenters. The molecule has 7 rings (SSSR count). The van der Waals surface area contributed by atoms with E-state index in [9.17, 15) is 9.59 Å². The topological polar surface area (TPSA) is 149 Å². The van der Waals surface area contributed by atoms with E-state index >= 15 is 8.63 Å². The molecule has 4 aromatic rings. The van der Waals surface area contributed by atoms with Crippen LogP contribution >= 0.6 is 0 Å². The van der Waals surface area contributed by atoms with Gasteiger partial charge < -0.3 is 52.3 Å². The summed E-state index contributed by atoms with van der Waals surface area (Å²) in [4.78, 5) is 30.5. The van der Waals surface area contributed by atoms with Crippen LogP contribution in [-0.2, 0) is 51.9 Å². The first-order chi connectivity index (χ1) is 29.5. The molecule has 2 aliphatic heterocycles. The molecule has 3 aliphatic rings. The number of nitrogens with zero attached hydrogens (tertiary/aromatic N) is 6. The molecule has 1 aliphatic carbocycles. The van der Waals surface area contributed by atoms with Crippen LogP contribution in [0.2, 0.25) is 0 Å². The molecule has 3 N–H and O–H groups in total. The highest BCUT2D eigenvalue weighted by Crippen LogP contribution is 2.41. The highest BCUT2D eigenvalue weighted by atomic mass is 19.2. The maximum atomic E-state index is 15.6. The van der Waals surface area contributed by atoms with E-state index in [2.05, 4.69) is 39.1 Å². The van der Waals surface area contributed by atoms with Crippen molar-refractivity contribution in [3.8, 4) is 0 Å². The van der Waals surface area contributed by atoms with Gasteiger partial charge in [0.15, 0.2) is 0 Å². The average molecular weight is 842 g/mol. The lowest BCUT2D eigenvalue weighted by molar-refractivity contribution is -0.459. The molecule has 61 heavy (non-hydrogen) atoms. The van der Waals surface area contributed by atoms with Crippen LogP contribution < -0.4 is 16.0 Å². The first-order valence-corrected chi connectivity index (χ1v) is 21.5. The highest BCUT2D eigenvalue weighted by molar-refractivity contribution is 6.57. The lowest BCUT2D eigenvalue weighted by Crippen LogP contribution is -2.57. The SMILES string of the molecule is CC1=CC(C)=[N+]2C1Cc1ccc(CCC(=O)NCCOCCOCCOCCNCc3ccc(C(=O)Nc4cccc([C@H](C)Cc5nncn5C)c4)nc3C3CC3)n1[B-]2(F)F. The van der Waals surface area contributed by atoms with E-state index in [-0.39, 0.29) is 36.6 Å². The van der Waals surface area contributed by atoms with Crippen LogP contribution in [0.4, 0.5) is 14.3 Å². The molecule has 17 heteroatoms. The Labute approximate surface area is 356 Å². The van der Waals surface area contributed by atoms with Gasteiger partial charge in [0.2, 0.25) is 5.91 Å². The molecule has 0 spiro atoms. The third-order valence-electron chi connectivity index (χ3n) is 11.7. The molecule has 14 nitrogen and oxygen atoms in total. The monoisotopic (exact) mass is 841 g/mol. The summed E-state index contributed by atoms with van der Waals surface area (Å²) in [7, 11) is 1.94. The number of amides is 2. The van der Waals surface area contributed by atoms with Gasteiger partial charge in [0.1, 0.15) is 29.6 Å². The fraction of sp³-hybridized carbons (Fsp3) is 0.500. The minimum Gasteiger partial charge on any atom is -0.397 e. The number of pyridine rings is 1. The van der Waals surface area contributed by atoms with Crippen LogP contribution in [0.1, 0.15) is 96.4 Å². The Hall–Kier alpha value is -5.10. The van der Waals surface area contributed by atoms with E-state index in [0.717, 1.165) is 57.6 Å². The van der Waals surface area contributed by atoms with Gasteiger partial charge >= 0.3 is 6.97 Å². The lowest BCUT2D eigenvalue weighted by Gasteiger charge is -2.36. The van der Waals surface area contributed by atoms with Crippen LogP contribution in [0.15, 0.2) is 66.5 Å². The second-order valence-corrected chi connectivity index (χ2v) is 16.4. The number of benzene rings is 1. The van der Waals surface area contributed by atoms with Gasteiger partial charge in [-0.1, -0.05) is 25.1 Å². The molecule has 5 heterocycles. The summed E-state index contributed by atoms with van der Waals surface area (Å²) in [5.74, 6) is 1.06. The molecular formula is C44H58BF2N9O5. The molecular weight excluding hydrogens is 783 g/mol. The van der Waals surface area contributed by atoms with E-state index < -0.39 is 6.97 Å². The van der Waals surface area contributed by atoms with Crippen molar-refractivity contribution in [2.24, 2.45) is 7.05 Å². The van der Waals surface area contributed by atoms with Crippen molar-refractivity contribution in [2.45, 2.75) is 83.7 Å². The molecule has 3 aromatic heterocycles. The van der Waals surface area contributed by atoms with Crippen LogP contribution in [-0.4, -0.2) is 112 Å². The van der Waals surface area contributed by atoms with Gasteiger partial charge in [0.25, 0.3) is 5.91 Å². The molecule has 326 valence electrons. The number of anilines is 1. The number of halogens is 2. The summed E-state index contributed by atoms with van der Waals surface area (Å²) in [6.45, 7) is 5.92. The predicted molar refractivity (Wildman–Crippen MR) is 229 cm³/mol. The van der Waals surface area contributed by atoms with Crippen molar-refractivity contribution in [1.29, 1.82) is 0 Å². The maximum Gasteiger partial charge on any atom is 0.732 e. The number of rotatable bonds is 23. The summed E-state index contributed by atoms with van der Waals surface area (Å²) in [5.41, 5.74) is 6.94. The molecule has 2 atom stereocenters. The standard InChI is InChI=1S/C44H58BF2N9O5/c1-30(25-41-53-50-29-54(41)4)34-6-5-7-36(26-34)51-44(58)39-14-10-35(43(52-39)33-8-9-33)28-48-16-18-59-20-22-61-23-21-60-19-17-49-42(57)15-13-37-11-12-38-27-40-31(2)24-32(3)55(40)45(46,47)56(37)38/h5-7,10-12,14,24,26,29-30,33,40,48H,8-9,13,15-23,25,27-28H2,1-4H3,(H,49,57)(H,51,58)/t30-,40?/m1/s1. The zero-order valence-electron chi connectivity index (χ0n) is 35.7. The Bertz CT molecular complexity index is 2240. The summed E-state index contributed by atoms with van der Waals surface area (Å²) in [5, 5.41) is 17.4. The Morgan fingerprint density at radius 3 is 2.48 bits per heavy atom. The van der Waals surface area contributed by atoms with Crippen LogP contribution in [0.5, 0.6) is 0 Å². The van der Waals surface area contributed by atoms with Crippen molar-refractivity contribution in [3.63, 3.8) is 0 Å². The smallest absolute Gasteiger partial charge is 0.397 e. The van der Waals surface area contributed by atoms with E-state index in [0.29, 0.717) is 94.4 Å². The molecule has 1 fully saturated rings. The van der Waals surface area contributed by atoms with Gasteiger partial charge in [0.05, 0.1) is 39.6 Å². The maximum absolute atomic E-state index is 15.6. The fourth-order valence-electron chi connectivity index (χ4n) is 8.31. The summed E-state index contributed by atoms with van der Waals surface area (Å²) < 4.78 is 52.5. The van der Waals surface area contributed by atoms with Crippen LogP contribution in [0, 0.1) is 0 Å². The first-order valence-electron chi connectivity index (χ1n) is 21.5. The highest BCUT2D eigenvalue weighted by Gasteiger charge is 2.55. The largest absolute Gasteiger partial charge is 0.732 e. The Morgan fingerprint density at radius 1 is 0.984 bits per heavy atom. The third kappa shape index (κ3) is 11.1. The zero-order chi connectivity index (χ0) is 42.9. The molecule has 1 saturated carbocycles. The van der Waals surface area contributed by atoms with Gasteiger partial charge in [-0.15, -0.1) is 10.2 Å². The normalized spacial score (nSPS) is 17.2. The number of hydrogen-bond acceptors (Lipinski definition) is 9. The molecule has 1 aromatic carbocycles. The number of aryl methyl sites for hydroxylation is 2. The van der Waals surface area contributed by atoms with E-state index in [1.165, 1.54) is 4.49 Å². The summed E-state index contributed by atoms with van der Waals surface area (Å²) in [6, 6.07) is 14.9. The lowest BCUT2D eigenvalue weighted by atomic mass is 9.85. The van der Waals surface area contributed by atoms with Crippen molar-refractivity contribution >= 4 is 30.2 Å². The number of carbonyl (C=O) groups is 2. The van der Waals surface area contributed by atoms with Crippen LogP contribution in [0.3, 0.4) is 0 Å². The number of hydrogen-bond donors (Lipinski definition) is 3. The number of nitrogens with one attached hydrogen (secondary N) is 3. The van der Waals surface area contributed by atoms with E-state index in [1.54, 1.807) is 31.5 Å². The fourth-order valence-corrected chi connectivity index (χ4v) is 8.31. The predicted octanol–water partition coefficient (Wildman–Crippen LogP) is 4.96. The number of aromatic nitrogens is 5. The van der Waals surface area contributed by atoms with Crippen molar-refractivity contribution in [2.75, 3.05) is 58.0 Å². The quantitative estimate of drug-likeness (QED) is 0.0697. The average Bonchev–Trinajstić information content (AvgIpc) is 3.77. The van der Waals surface area contributed by atoms with E-state index in [4.69, 9.17) is 19.2 Å². The third-order valence-corrected chi connectivity index (χ3v) is 11.7. The van der Waals surface area contributed by atoms with Crippen LogP contribution in [0.25, 0.3) is 0 Å². The van der Waals surface area contributed by atoms with Gasteiger partial charge in [0, 0.05) is 76.2 Å². The van der Waals surface area contributed by atoms with Gasteiger partial charge in [-0.05, 0) is 90.5 Å². The Balaban J connectivity index is 0.718. The minimum absolute atomic E-state index is 0.119. The van der Waals surface area contributed by atoms with E-state index in [1.807, 2.05) is 48.9 Å². The van der Waals surface area contributed by atoms with Gasteiger partial charge in [-0.2, -0.15) is 0 Å². The van der Waals surface area contributed by atoms with Crippen molar-refractivity contribution < 1.29 is 36.9 Å². The molecule has 0 radical (unpaired) electrons. The number of allylic oxidation sites excluding steroid dienone is 1. The van der Waals surface area contributed by atoms with Crippen molar-refractivity contribution in [1.82, 2.24) is 34.9 Å². The number of ether oxygens (including phenoxy) is 3. The Morgan fingerprint density at radius 2 is 1.74 bits per heavy atom. The second kappa shape index (κ2) is 20.2. The van der Waals surface area contributed by atoms with Gasteiger partial charge in [-0.25, -0.2) is 4.98 Å². The molecule has 2 amide bonds. The minimum atomic E-state index is -3.97. The Kier molecular flexibility index (Phi) is 14.6. The first kappa shape index (κ1) is 44.0. The number of fused-ring (bicyclic) bond motifs is 2. The van der Waals surface area contributed by atoms with Gasteiger partial charge in [-0.3, -0.25) is 9.59 Å². The molecule has 0 bridgehead atoms. The zero-order valence-corrected chi connectivity index (χ0v) is 35.7. The summed E-state index contributed by atoms with van der Waals surface area (Å²) in [6.07, 6.45) is 7.31.